The highest BCUT2D eigenvalue weighted by molar-refractivity contribution is 7.99. The van der Waals surface area contributed by atoms with Gasteiger partial charge in [-0.1, -0.05) is 42.5 Å². The van der Waals surface area contributed by atoms with Gasteiger partial charge in [0.15, 0.2) is 0 Å². The van der Waals surface area contributed by atoms with Crippen LogP contribution in [0, 0.1) is 0 Å². The van der Waals surface area contributed by atoms with E-state index >= 15 is 0 Å². The summed E-state index contributed by atoms with van der Waals surface area (Å²) in [6, 6.07) is 17.7. The number of hydrogen-bond donors (Lipinski definition) is 1. The third-order valence-corrected chi connectivity index (χ3v) is 6.26. The average Bonchev–Trinajstić information content (AvgIpc) is 2.90. The molecule has 0 saturated carbocycles. The smallest absolute Gasteiger partial charge is 0.0204 e. The first kappa shape index (κ1) is 13.4. The third kappa shape index (κ3) is 2.51. The van der Waals surface area contributed by atoms with Gasteiger partial charge in [-0.2, -0.15) is 0 Å². The van der Waals surface area contributed by atoms with Gasteiger partial charge in [0.05, 0.1) is 0 Å². The molecular weight excluding hydrogens is 274 g/mol. The maximum atomic E-state index is 6.80. The Hall–Kier alpha value is -1.25. The quantitative estimate of drug-likeness (QED) is 0.900. The number of benzene rings is 2. The molecule has 2 unspecified atom stereocenters. The normalized spacial score (nSPS) is 27.2. The predicted octanol–water partition coefficient (Wildman–Crippen LogP) is 4.15. The number of fused-ring (bicyclic) bond motifs is 2. The Kier molecular flexibility index (Phi) is 3.31. The Bertz CT molecular complexity index is 666. The van der Waals surface area contributed by atoms with Crippen molar-refractivity contribution in [1.29, 1.82) is 0 Å². The average molecular weight is 295 g/mol. The molecule has 1 aliphatic carbocycles. The van der Waals surface area contributed by atoms with Crippen molar-refractivity contribution in [2.45, 2.75) is 42.0 Å². The Morgan fingerprint density at radius 2 is 1.81 bits per heavy atom. The molecule has 4 rings (SSSR count). The molecule has 2 N–H and O–H groups in total. The first-order valence-corrected chi connectivity index (χ1v) is 8.79. The molecule has 0 amide bonds. The van der Waals surface area contributed by atoms with Gasteiger partial charge in [0, 0.05) is 16.2 Å². The highest BCUT2D eigenvalue weighted by Gasteiger charge is 2.35. The zero-order chi connectivity index (χ0) is 14.3. The number of nitrogens with two attached hydrogens (primary N) is 1. The van der Waals surface area contributed by atoms with E-state index in [1.165, 1.54) is 27.3 Å². The molecule has 0 fully saturated rings. The van der Waals surface area contributed by atoms with E-state index in [9.17, 15) is 0 Å². The van der Waals surface area contributed by atoms with E-state index < -0.39 is 0 Å². The molecule has 1 aliphatic heterocycles. The van der Waals surface area contributed by atoms with E-state index in [1.54, 1.807) is 0 Å². The van der Waals surface area contributed by atoms with Crippen LogP contribution in [0.4, 0.5) is 0 Å². The van der Waals surface area contributed by atoms with Gasteiger partial charge in [-0.3, -0.25) is 0 Å². The molecule has 108 valence electrons. The summed E-state index contributed by atoms with van der Waals surface area (Å²) in [7, 11) is 0. The van der Waals surface area contributed by atoms with Gasteiger partial charge in [-0.15, -0.1) is 11.8 Å². The lowest BCUT2D eigenvalue weighted by molar-refractivity contribution is 0.327. The van der Waals surface area contributed by atoms with Gasteiger partial charge in [-0.25, -0.2) is 0 Å². The molecule has 2 aromatic carbocycles. The zero-order valence-corrected chi connectivity index (χ0v) is 13.0. The summed E-state index contributed by atoms with van der Waals surface area (Å²) in [5.41, 5.74) is 11.3. The second-order valence-electron chi connectivity index (χ2n) is 6.56. The number of thioether (sulfide) groups is 1. The molecule has 0 spiro atoms. The van der Waals surface area contributed by atoms with Crippen LogP contribution in [0.25, 0.3) is 0 Å². The van der Waals surface area contributed by atoms with Crippen molar-refractivity contribution in [1.82, 2.24) is 0 Å². The molecule has 1 heterocycles. The fraction of sp³-hybridized carbons (Fsp3) is 0.368. The van der Waals surface area contributed by atoms with E-state index in [-0.39, 0.29) is 5.54 Å². The molecule has 2 aromatic rings. The fourth-order valence-corrected chi connectivity index (χ4v) is 5.14. The summed E-state index contributed by atoms with van der Waals surface area (Å²) >= 11 is 1.99. The van der Waals surface area contributed by atoms with Crippen molar-refractivity contribution >= 4 is 11.8 Å². The van der Waals surface area contributed by atoms with Crippen molar-refractivity contribution < 1.29 is 0 Å². The summed E-state index contributed by atoms with van der Waals surface area (Å²) in [4.78, 5) is 1.46. The Morgan fingerprint density at radius 1 is 1.05 bits per heavy atom. The second-order valence-corrected chi connectivity index (χ2v) is 7.62. The van der Waals surface area contributed by atoms with Gasteiger partial charge in [-0.05, 0) is 54.4 Å². The van der Waals surface area contributed by atoms with Crippen LogP contribution in [0.15, 0.2) is 53.4 Å². The minimum atomic E-state index is -0.0307. The lowest BCUT2D eigenvalue weighted by Crippen LogP contribution is -2.46. The van der Waals surface area contributed by atoms with Crippen LogP contribution in [0.2, 0.25) is 0 Å². The molecule has 0 bridgehead atoms. The molecule has 2 heteroatoms. The van der Waals surface area contributed by atoms with Crippen LogP contribution < -0.4 is 5.73 Å². The molecule has 0 saturated heterocycles. The second kappa shape index (κ2) is 5.19. The topological polar surface area (TPSA) is 26.0 Å². The lowest BCUT2D eigenvalue weighted by Gasteiger charge is -2.37. The van der Waals surface area contributed by atoms with E-state index in [2.05, 4.69) is 48.5 Å². The van der Waals surface area contributed by atoms with E-state index in [0.717, 1.165) is 25.7 Å². The van der Waals surface area contributed by atoms with Crippen molar-refractivity contribution in [2.24, 2.45) is 5.73 Å². The standard InChI is InChI=1S/C19H21NS/c20-19(10-9-14-5-1-2-6-15(14)11-19)12-16-13-21-18-8-4-3-7-17(16)18/h1-8,16H,9-13,20H2. The van der Waals surface area contributed by atoms with Crippen LogP contribution in [0.1, 0.15) is 35.4 Å². The lowest BCUT2D eigenvalue weighted by atomic mass is 9.73. The maximum Gasteiger partial charge on any atom is 0.0204 e. The summed E-state index contributed by atoms with van der Waals surface area (Å²) in [5, 5.41) is 0. The van der Waals surface area contributed by atoms with Crippen LogP contribution in [0.5, 0.6) is 0 Å². The van der Waals surface area contributed by atoms with Crippen LogP contribution >= 0.6 is 11.8 Å². The van der Waals surface area contributed by atoms with Crippen molar-refractivity contribution in [3.8, 4) is 0 Å². The molecule has 2 aliphatic rings. The molecule has 1 nitrogen and oxygen atoms in total. The monoisotopic (exact) mass is 295 g/mol. The van der Waals surface area contributed by atoms with Crippen molar-refractivity contribution in [3.05, 3.63) is 65.2 Å². The summed E-state index contributed by atoms with van der Waals surface area (Å²) in [6.07, 6.45) is 4.40. The third-order valence-electron chi connectivity index (χ3n) is 5.00. The summed E-state index contributed by atoms with van der Waals surface area (Å²) in [6.45, 7) is 0. The predicted molar refractivity (Wildman–Crippen MR) is 89.9 cm³/mol. The highest BCUT2D eigenvalue weighted by Crippen LogP contribution is 2.44. The van der Waals surface area contributed by atoms with Gasteiger partial charge in [0.1, 0.15) is 0 Å². The first-order chi connectivity index (χ1) is 10.2. The number of rotatable bonds is 2. The fourth-order valence-electron chi connectivity index (χ4n) is 3.89. The Balaban J connectivity index is 1.56. The van der Waals surface area contributed by atoms with Crippen LogP contribution in [0.3, 0.4) is 0 Å². The number of hydrogen-bond acceptors (Lipinski definition) is 2. The molecule has 21 heavy (non-hydrogen) atoms. The SMILES string of the molecule is NC1(CC2CSc3ccccc32)CCc2ccccc2C1. The van der Waals surface area contributed by atoms with E-state index in [0.29, 0.717) is 5.92 Å². The molecule has 0 aromatic heterocycles. The molecule has 0 radical (unpaired) electrons. The Morgan fingerprint density at radius 3 is 2.71 bits per heavy atom. The molecular formula is C19H21NS. The van der Waals surface area contributed by atoms with Gasteiger partial charge >= 0.3 is 0 Å². The summed E-state index contributed by atoms with van der Waals surface area (Å²) in [5.74, 6) is 1.82. The van der Waals surface area contributed by atoms with Crippen LogP contribution in [-0.2, 0) is 12.8 Å². The minimum Gasteiger partial charge on any atom is -0.325 e. The zero-order valence-electron chi connectivity index (χ0n) is 12.2. The molecule has 2 atom stereocenters. The van der Waals surface area contributed by atoms with E-state index in [4.69, 9.17) is 5.73 Å². The van der Waals surface area contributed by atoms with E-state index in [1.807, 2.05) is 11.8 Å². The maximum absolute atomic E-state index is 6.80. The largest absolute Gasteiger partial charge is 0.325 e. The van der Waals surface area contributed by atoms with Crippen molar-refractivity contribution in [2.75, 3.05) is 5.75 Å². The van der Waals surface area contributed by atoms with Crippen LogP contribution in [-0.4, -0.2) is 11.3 Å². The van der Waals surface area contributed by atoms with Gasteiger partial charge < -0.3 is 5.73 Å². The first-order valence-electron chi connectivity index (χ1n) is 7.81. The minimum absolute atomic E-state index is 0.0307. The summed E-state index contributed by atoms with van der Waals surface area (Å²) < 4.78 is 0. The number of aryl methyl sites for hydroxylation is 1. The Labute approximate surface area is 130 Å². The van der Waals surface area contributed by atoms with Crippen molar-refractivity contribution in [3.63, 3.8) is 0 Å². The highest BCUT2D eigenvalue weighted by atomic mass is 32.2. The van der Waals surface area contributed by atoms with Gasteiger partial charge in [0.2, 0.25) is 0 Å². The van der Waals surface area contributed by atoms with Gasteiger partial charge in [0.25, 0.3) is 0 Å².